The van der Waals surface area contributed by atoms with Crippen LogP contribution in [-0.4, -0.2) is 43.2 Å². The van der Waals surface area contributed by atoms with Gasteiger partial charge >= 0.3 is 0 Å². The zero-order valence-electron chi connectivity index (χ0n) is 14.5. The van der Waals surface area contributed by atoms with Crippen molar-refractivity contribution in [1.82, 2.24) is 4.90 Å². The molecule has 5 nitrogen and oxygen atoms in total. The summed E-state index contributed by atoms with van der Waals surface area (Å²) in [5.74, 6) is -0.125. The Kier molecular flexibility index (Phi) is 5.20. The lowest BCUT2D eigenvalue weighted by Crippen LogP contribution is -2.44. The lowest BCUT2D eigenvalue weighted by atomic mass is 10.1. The molecule has 26 heavy (non-hydrogen) atoms. The van der Waals surface area contributed by atoms with E-state index in [1.54, 1.807) is 18.2 Å². The molecule has 0 unspecified atom stereocenters. The summed E-state index contributed by atoms with van der Waals surface area (Å²) in [5, 5.41) is 10.7. The maximum atomic E-state index is 12.3. The molecule has 0 radical (unpaired) electrons. The predicted molar refractivity (Wildman–Crippen MR) is 107 cm³/mol. The highest BCUT2D eigenvalue weighted by molar-refractivity contribution is 5.85. The average molecular weight is 373 g/mol. The van der Waals surface area contributed by atoms with Gasteiger partial charge in [-0.05, 0) is 43.4 Å². The average Bonchev–Trinajstić information content (AvgIpc) is 2.65. The molecule has 0 spiro atoms. The first-order chi connectivity index (χ1) is 12.1. The maximum Gasteiger partial charge on any atom is 0.235 e. The SMILES string of the molecule is CN1CCN(c2ccc(-c3oc4ccccc4c(=O)c3O)cc2)CC1.Cl. The largest absolute Gasteiger partial charge is 0.502 e. The van der Waals surface area contributed by atoms with Gasteiger partial charge in [-0.2, -0.15) is 0 Å². The van der Waals surface area contributed by atoms with E-state index in [0.29, 0.717) is 16.5 Å². The molecule has 0 bridgehead atoms. The Morgan fingerprint density at radius 3 is 2.31 bits per heavy atom. The first-order valence-electron chi connectivity index (χ1n) is 8.42. The summed E-state index contributed by atoms with van der Waals surface area (Å²) in [7, 11) is 2.13. The fourth-order valence-electron chi connectivity index (χ4n) is 3.22. The van der Waals surface area contributed by atoms with Crippen molar-refractivity contribution in [3.63, 3.8) is 0 Å². The van der Waals surface area contributed by atoms with Gasteiger partial charge in [0.15, 0.2) is 5.76 Å². The first-order valence-corrected chi connectivity index (χ1v) is 8.42. The first kappa shape index (κ1) is 18.3. The zero-order valence-corrected chi connectivity index (χ0v) is 15.3. The molecule has 2 aromatic carbocycles. The standard InChI is InChI=1S/C20H20N2O3.ClH/c1-21-10-12-22(13-11-21)15-8-6-14(7-9-15)20-19(24)18(23)16-4-2-3-5-17(16)25-20;/h2-9,24H,10-13H2,1H3;1H. The van der Waals surface area contributed by atoms with Crippen molar-refractivity contribution in [2.75, 3.05) is 38.1 Å². The molecule has 0 atom stereocenters. The van der Waals surface area contributed by atoms with Crippen LogP contribution >= 0.6 is 12.4 Å². The lowest BCUT2D eigenvalue weighted by molar-refractivity contribution is 0.313. The second kappa shape index (κ2) is 7.40. The molecule has 4 rings (SSSR count). The molecule has 0 amide bonds. The van der Waals surface area contributed by atoms with Gasteiger partial charge < -0.3 is 19.3 Å². The number of hydrogen-bond donors (Lipinski definition) is 1. The van der Waals surface area contributed by atoms with Crippen LogP contribution in [0, 0.1) is 0 Å². The molecule has 136 valence electrons. The molecule has 1 aliphatic heterocycles. The van der Waals surface area contributed by atoms with E-state index >= 15 is 0 Å². The molecule has 2 heterocycles. The highest BCUT2D eigenvalue weighted by Crippen LogP contribution is 2.31. The van der Waals surface area contributed by atoms with Gasteiger partial charge in [-0.3, -0.25) is 4.79 Å². The monoisotopic (exact) mass is 372 g/mol. The number of likely N-dealkylation sites (N-methyl/N-ethyl adjacent to an activating group) is 1. The van der Waals surface area contributed by atoms with Gasteiger partial charge in [0.25, 0.3) is 0 Å². The summed E-state index contributed by atoms with van der Waals surface area (Å²) in [6.45, 7) is 4.07. The van der Waals surface area contributed by atoms with Gasteiger partial charge in [0.1, 0.15) is 5.58 Å². The number of aromatic hydroxyl groups is 1. The molecule has 3 aromatic rings. The van der Waals surface area contributed by atoms with Gasteiger partial charge in [0, 0.05) is 37.4 Å². The molecule has 1 aromatic heterocycles. The Bertz CT molecular complexity index is 961. The van der Waals surface area contributed by atoms with Crippen molar-refractivity contribution in [3.05, 3.63) is 58.8 Å². The number of para-hydroxylation sites is 1. The van der Waals surface area contributed by atoms with Crippen molar-refractivity contribution in [2.24, 2.45) is 0 Å². The van der Waals surface area contributed by atoms with Gasteiger partial charge in [-0.25, -0.2) is 0 Å². The minimum atomic E-state index is -0.403. The highest BCUT2D eigenvalue weighted by atomic mass is 35.5. The Morgan fingerprint density at radius 1 is 0.962 bits per heavy atom. The summed E-state index contributed by atoms with van der Waals surface area (Å²) < 4.78 is 5.79. The highest BCUT2D eigenvalue weighted by Gasteiger charge is 2.17. The van der Waals surface area contributed by atoms with Crippen LogP contribution in [0.25, 0.3) is 22.3 Å². The quantitative estimate of drug-likeness (QED) is 0.747. The summed E-state index contributed by atoms with van der Waals surface area (Å²) in [5.41, 5.74) is 1.90. The molecule has 1 saturated heterocycles. The fourth-order valence-corrected chi connectivity index (χ4v) is 3.22. The van der Waals surface area contributed by atoms with E-state index in [1.165, 1.54) is 0 Å². The third-order valence-electron chi connectivity index (χ3n) is 4.77. The van der Waals surface area contributed by atoms with Crippen molar-refractivity contribution >= 4 is 29.1 Å². The van der Waals surface area contributed by atoms with Crippen LogP contribution in [0.3, 0.4) is 0 Å². The Balaban J connectivity index is 0.00000196. The van der Waals surface area contributed by atoms with E-state index in [1.807, 2.05) is 30.3 Å². The van der Waals surface area contributed by atoms with Crippen LogP contribution in [0.5, 0.6) is 5.75 Å². The van der Waals surface area contributed by atoms with Crippen molar-refractivity contribution in [3.8, 4) is 17.1 Å². The number of piperazine rings is 1. The van der Waals surface area contributed by atoms with Gasteiger partial charge in [-0.15, -0.1) is 12.4 Å². The van der Waals surface area contributed by atoms with E-state index in [2.05, 4.69) is 16.8 Å². The molecular formula is C20H21ClN2O3. The topological polar surface area (TPSA) is 56.9 Å². The van der Waals surface area contributed by atoms with E-state index < -0.39 is 5.43 Å². The van der Waals surface area contributed by atoms with Crippen LogP contribution in [0.1, 0.15) is 0 Å². The number of halogens is 1. The summed E-state index contributed by atoms with van der Waals surface area (Å²) in [6.07, 6.45) is 0. The maximum absolute atomic E-state index is 12.3. The van der Waals surface area contributed by atoms with E-state index in [0.717, 1.165) is 31.9 Å². The number of anilines is 1. The second-order valence-corrected chi connectivity index (χ2v) is 6.44. The number of benzene rings is 2. The van der Waals surface area contributed by atoms with Crippen LogP contribution in [0.4, 0.5) is 5.69 Å². The van der Waals surface area contributed by atoms with Gasteiger partial charge in [0.2, 0.25) is 11.2 Å². The Morgan fingerprint density at radius 2 is 1.62 bits per heavy atom. The van der Waals surface area contributed by atoms with Crippen LogP contribution < -0.4 is 10.3 Å². The molecule has 0 aliphatic carbocycles. The van der Waals surface area contributed by atoms with Crippen molar-refractivity contribution in [1.29, 1.82) is 0 Å². The number of rotatable bonds is 2. The molecule has 1 aliphatic rings. The van der Waals surface area contributed by atoms with E-state index in [4.69, 9.17) is 4.42 Å². The van der Waals surface area contributed by atoms with Crippen LogP contribution in [-0.2, 0) is 0 Å². The normalized spacial score (nSPS) is 15.0. The van der Waals surface area contributed by atoms with Gasteiger partial charge in [0.05, 0.1) is 5.39 Å². The number of hydrogen-bond acceptors (Lipinski definition) is 5. The summed E-state index contributed by atoms with van der Waals surface area (Å²) in [4.78, 5) is 17.0. The third-order valence-corrected chi connectivity index (χ3v) is 4.77. The van der Waals surface area contributed by atoms with E-state index in [-0.39, 0.29) is 23.9 Å². The second-order valence-electron chi connectivity index (χ2n) is 6.44. The molecule has 1 fully saturated rings. The van der Waals surface area contributed by atoms with Crippen molar-refractivity contribution < 1.29 is 9.52 Å². The third kappa shape index (κ3) is 3.28. The zero-order chi connectivity index (χ0) is 17.4. The Hall–Kier alpha value is -2.50. The minimum Gasteiger partial charge on any atom is -0.502 e. The van der Waals surface area contributed by atoms with Crippen LogP contribution in [0.2, 0.25) is 0 Å². The number of nitrogens with zero attached hydrogens (tertiary/aromatic N) is 2. The minimum absolute atomic E-state index is 0. The van der Waals surface area contributed by atoms with Crippen LogP contribution in [0.15, 0.2) is 57.7 Å². The molecule has 1 N–H and O–H groups in total. The number of fused-ring (bicyclic) bond motifs is 1. The van der Waals surface area contributed by atoms with E-state index in [9.17, 15) is 9.90 Å². The smallest absolute Gasteiger partial charge is 0.235 e. The fraction of sp³-hybridized carbons (Fsp3) is 0.250. The van der Waals surface area contributed by atoms with Gasteiger partial charge in [-0.1, -0.05) is 12.1 Å². The summed E-state index contributed by atoms with van der Waals surface area (Å²) >= 11 is 0. The molecule has 6 heteroatoms. The molecule has 0 saturated carbocycles. The summed E-state index contributed by atoms with van der Waals surface area (Å²) in [6, 6.07) is 14.7. The predicted octanol–water partition coefficient (Wildman–Crippen LogP) is 3.34. The lowest BCUT2D eigenvalue weighted by Gasteiger charge is -2.34. The van der Waals surface area contributed by atoms with Crippen molar-refractivity contribution in [2.45, 2.75) is 0 Å². The molecular weight excluding hydrogens is 352 g/mol. The Labute approximate surface area is 157 Å².